The van der Waals surface area contributed by atoms with Crippen molar-refractivity contribution in [1.82, 2.24) is 20.1 Å². The van der Waals surface area contributed by atoms with Crippen LogP contribution in [0.15, 0.2) is 83.8 Å². The summed E-state index contributed by atoms with van der Waals surface area (Å²) in [5, 5.41) is 5.02. The molecule has 6 nitrogen and oxygen atoms in total. The van der Waals surface area contributed by atoms with Gasteiger partial charge in [-0.2, -0.15) is 0 Å². The molecule has 4 heterocycles. The summed E-state index contributed by atoms with van der Waals surface area (Å²) in [7, 11) is 0. The average molecular weight is 491 g/mol. The van der Waals surface area contributed by atoms with Crippen LogP contribution in [0.25, 0.3) is 27.9 Å². The van der Waals surface area contributed by atoms with Crippen molar-refractivity contribution in [2.75, 3.05) is 19.6 Å². The van der Waals surface area contributed by atoms with E-state index in [1.807, 2.05) is 12.3 Å². The smallest absolute Gasteiger partial charge is 0.149 e. The number of aliphatic imine (C=N–C) groups is 1. The van der Waals surface area contributed by atoms with Crippen LogP contribution in [0.3, 0.4) is 0 Å². The molecule has 0 bridgehead atoms. The van der Waals surface area contributed by atoms with E-state index < -0.39 is 0 Å². The fourth-order valence-electron chi connectivity index (χ4n) is 6.45. The van der Waals surface area contributed by atoms with Crippen LogP contribution in [-0.4, -0.2) is 46.4 Å². The molecular formula is C31H34N6. The highest BCUT2D eigenvalue weighted by molar-refractivity contribution is 6.05. The van der Waals surface area contributed by atoms with E-state index >= 15 is 0 Å². The number of benzene rings is 2. The molecule has 3 aromatic rings. The van der Waals surface area contributed by atoms with E-state index in [1.54, 1.807) is 0 Å². The Morgan fingerprint density at radius 2 is 1.73 bits per heavy atom. The predicted octanol–water partition coefficient (Wildman–Crippen LogP) is 5.16. The van der Waals surface area contributed by atoms with E-state index in [0.717, 1.165) is 45.0 Å². The molecule has 0 amide bonds. The Morgan fingerprint density at radius 3 is 2.51 bits per heavy atom. The van der Waals surface area contributed by atoms with Gasteiger partial charge < -0.3 is 20.9 Å². The number of rotatable bonds is 5. The second kappa shape index (κ2) is 9.34. The number of pyridine rings is 1. The number of nitrogens with one attached hydrogen (secondary N) is 1. The highest BCUT2D eigenvalue weighted by atomic mass is 15.3. The lowest BCUT2D eigenvalue weighted by Crippen LogP contribution is -2.45. The summed E-state index contributed by atoms with van der Waals surface area (Å²) in [5.74, 6) is 2.00. The molecule has 1 atom stereocenters. The van der Waals surface area contributed by atoms with Gasteiger partial charge in [-0.25, -0.2) is 9.98 Å². The van der Waals surface area contributed by atoms with E-state index in [1.165, 1.54) is 51.7 Å². The SMILES string of the molecule is NC1=NC=CN2C1=C(c1ccc3ccc(-c4ccccc4)nc3c1)NC2[C@H]1CC[C@H](CN2CCC2)CC1. The third-order valence-corrected chi connectivity index (χ3v) is 8.62. The highest BCUT2D eigenvalue weighted by Gasteiger charge is 2.40. The van der Waals surface area contributed by atoms with E-state index in [9.17, 15) is 0 Å². The van der Waals surface area contributed by atoms with Crippen LogP contribution in [0.2, 0.25) is 0 Å². The summed E-state index contributed by atoms with van der Waals surface area (Å²) in [4.78, 5) is 14.4. The van der Waals surface area contributed by atoms with Gasteiger partial charge in [0.15, 0.2) is 0 Å². The summed E-state index contributed by atoms with van der Waals surface area (Å²) in [5.41, 5.74) is 12.7. The first-order valence-corrected chi connectivity index (χ1v) is 13.7. The zero-order chi connectivity index (χ0) is 24.8. The van der Waals surface area contributed by atoms with Gasteiger partial charge in [0, 0.05) is 35.5 Å². The van der Waals surface area contributed by atoms with Crippen molar-refractivity contribution in [3.63, 3.8) is 0 Å². The number of amidine groups is 1. The number of likely N-dealkylation sites (tertiary alicyclic amines) is 1. The minimum Gasteiger partial charge on any atom is -0.382 e. The van der Waals surface area contributed by atoms with Crippen molar-refractivity contribution in [1.29, 1.82) is 0 Å². The van der Waals surface area contributed by atoms with Crippen LogP contribution in [0.4, 0.5) is 0 Å². The standard InChI is InChI=1S/C31H34N6/c32-30-29-28(25-12-11-23-13-14-26(34-27(23)19-25)22-5-2-1-3-6-22)35-31(37(29)18-15-33-30)24-9-7-21(8-10-24)20-36-16-4-17-36/h1-3,5-6,11-15,18-19,21,24,31,35H,4,7-10,16-17,20H2,(H2,32,33)/t21-,24-,31?. The van der Waals surface area contributed by atoms with E-state index in [0.29, 0.717) is 11.8 Å². The summed E-state index contributed by atoms with van der Waals surface area (Å²) < 4.78 is 0. The van der Waals surface area contributed by atoms with Crippen molar-refractivity contribution >= 4 is 22.4 Å². The number of nitrogens with two attached hydrogens (primary N) is 1. The average Bonchev–Trinajstić information content (AvgIpc) is 3.32. The molecule has 1 aromatic heterocycles. The van der Waals surface area contributed by atoms with Crippen LogP contribution in [-0.2, 0) is 0 Å². The Balaban J connectivity index is 1.17. The number of hydrogen-bond acceptors (Lipinski definition) is 6. The Bertz CT molecular complexity index is 1400. The first-order chi connectivity index (χ1) is 18.2. The second-order valence-electron chi connectivity index (χ2n) is 10.9. The van der Waals surface area contributed by atoms with Crippen LogP contribution in [0.1, 0.15) is 37.7 Å². The van der Waals surface area contributed by atoms with Gasteiger partial charge in [-0.1, -0.05) is 48.5 Å². The van der Waals surface area contributed by atoms with Gasteiger partial charge in [-0.15, -0.1) is 0 Å². The Labute approximate surface area is 218 Å². The van der Waals surface area contributed by atoms with Crippen LogP contribution < -0.4 is 11.1 Å². The summed E-state index contributed by atoms with van der Waals surface area (Å²) in [6.07, 6.45) is 10.6. The van der Waals surface area contributed by atoms with Gasteiger partial charge in [0.05, 0.1) is 16.9 Å². The lowest BCUT2D eigenvalue weighted by atomic mass is 9.79. The number of fused-ring (bicyclic) bond motifs is 2. The van der Waals surface area contributed by atoms with Crippen LogP contribution >= 0.6 is 0 Å². The van der Waals surface area contributed by atoms with Gasteiger partial charge in [-0.3, -0.25) is 0 Å². The minimum atomic E-state index is 0.208. The second-order valence-corrected chi connectivity index (χ2v) is 10.9. The molecule has 4 aliphatic rings. The van der Waals surface area contributed by atoms with Crippen molar-refractivity contribution < 1.29 is 0 Å². The molecule has 3 N–H and O–H groups in total. The third-order valence-electron chi connectivity index (χ3n) is 8.62. The molecule has 0 radical (unpaired) electrons. The molecule has 37 heavy (non-hydrogen) atoms. The quantitative estimate of drug-likeness (QED) is 0.517. The van der Waals surface area contributed by atoms with Crippen molar-refractivity contribution in [3.05, 3.63) is 84.3 Å². The van der Waals surface area contributed by atoms with Gasteiger partial charge in [0.25, 0.3) is 0 Å². The number of nitrogens with zero attached hydrogens (tertiary/aromatic N) is 4. The molecule has 3 aliphatic heterocycles. The number of aromatic nitrogens is 1. The Kier molecular flexibility index (Phi) is 5.69. The molecule has 0 spiro atoms. The summed E-state index contributed by atoms with van der Waals surface area (Å²) >= 11 is 0. The fourth-order valence-corrected chi connectivity index (χ4v) is 6.45. The largest absolute Gasteiger partial charge is 0.382 e. The summed E-state index contributed by atoms with van der Waals surface area (Å²) in [6.45, 7) is 3.88. The van der Waals surface area contributed by atoms with Crippen molar-refractivity contribution in [2.45, 2.75) is 38.3 Å². The molecule has 1 aliphatic carbocycles. The molecule has 188 valence electrons. The molecule has 1 saturated heterocycles. The highest BCUT2D eigenvalue weighted by Crippen LogP contribution is 2.40. The first-order valence-electron chi connectivity index (χ1n) is 13.7. The van der Waals surface area contributed by atoms with Crippen LogP contribution in [0.5, 0.6) is 0 Å². The summed E-state index contributed by atoms with van der Waals surface area (Å²) in [6, 6.07) is 21.1. The van der Waals surface area contributed by atoms with Crippen molar-refractivity contribution in [2.24, 2.45) is 22.6 Å². The zero-order valence-corrected chi connectivity index (χ0v) is 21.2. The molecule has 2 aromatic carbocycles. The first kappa shape index (κ1) is 22.5. The van der Waals surface area contributed by atoms with Crippen LogP contribution in [0, 0.1) is 11.8 Å². The van der Waals surface area contributed by atoms with E-state index in [2.05, 4.69) is 80.9 Å². The molecule has 1 unspecified atom stereocenters. The lowest BCUT2D eigenvalue weighted by molar-refractivity contribution is 0.108. The third kappa shape index (κ3) is 4.19. The van der Waals surface area contributed by atoms with Gasteiger partial charge in [-0.05, 0) is 69.2 Å². The lowest BCUT2D eigenvalue weighted by Gasteiger charge is -2.40. The van der Waals surface area contributed by atoms with E-state index in [-0.39, 0.29) is 6.17 Å². The molecule has 6 heteroatoms. The minimum absolute atomic E-state index is 0.208. The monoisotopic (exact) mass is 490 g/mol. The maximum absolute atomic E-state index is 6.49. The van der Waals surface area contributed by atoms with E-state index in [4.69, 9.17) is 10.7 Å². The van der Waals surface area contributed by atoms with Crippen molar-refractivity contribution in [3.8, 4) is 11.3 Å². The predicted molar refractivity (Wildman–Crippen MR) is 150 cm³/mol. The maximum atomic E-state index is 6.49. The molecule has 1 saturated carbocycles. The van der Waals surface area contributed by atoms with Gasteiger partial charge in [0.2, 0.25) is 0 Å². The molecule has 2 fully saturated rings. The molecule has 7 rings (SSSR count). The maximum Gasteiger partial charge on any atom is 0.149 e. The number of hydrogen-bond donors (Lipinski definition) is 2. The normalized spacial score (nSPS) is 25.6. The zero-order valence-electron chi connectivity index (χ0n) is 21.2. The Morgan fingerprint density at radius 1 is 0.919 bits per heavy atom. The Hall–Kier alpha value is -3.64. The fraction of sp³-hybridized carbons (Fsp3) is 0.355. The van der Waals surface area contributed by atoms with Gasteiger partial charge >= 0.3 is 0 Å². The molecular weight excluding hydrogens is 456 g/mol. The van der Waals surface area contributed by atoms with Gasteiger partial charge in [0.1, 0.15) is 17.7 Å². The topological polar surface area (TPSA) is 69.8 Å².